The average molecular weight is 429 g/mol. The number of ether oxygens (including phenoxy) is 1. The van der Waals surface area contributed by atoms with Gasteiger partial charge in [0.05, 0.1) is 30.1 Å². The summed E-state index contributed by atoms with van der Waals surface area (Å²) in [6.07, 6.45) is 0.653. The first-order chi connectivity index (χ1) is 14.1. The number of thiazole rings is 1. The van der Waals surface area contributed by atoms with Crippen LogP contribution in [0.15, 0.2) is 41.1 Å². The van der Waals surface area contributed by atoms with E-state index in [1.807, 2.05) is 36.6 Å². The van der Waals surface area contributed by atoms with Crippen molar-refractivity contribution in [1.29, 1.82) is 0 Å². The Morgan fingerprint density at radius 2 is 2.10 bits per heavy atom. The summed E-state index contributed by atoms with van der Waals surface area (Å²) in [5.41, 5.74) is 2.21. The molecule has 0 saturated heterocycles. The van der Waals surface area contributed by atoms with Gasteiger partial charge in [0.1, 0.15) is 5.75 Å². The predicted molar refractivity (Wildman–Crippen MR) is 115 cm³/mol. The van der Waals surface area contributed by atoms with E-state index in [9.17, 15) is 9.59 Å². The maximum absolute atomic E-state index is 12.7. The molecule has 0 spiro atoms. The zero-order valence-electron chi connectivity index (χ0n) is 15.8. The van der Waals surface area contributed by atoms with Gasteiger partial charge in [-0.1, -0.05) is 23.5 Å². The van der Waals surface area contributed by atoms with Gasteiger partial charge >= 0.3 is 6.03 Å². The van der Waals surface area contributed by atoms with Crippen LogP contribution in [0.3, 0.4) is 0 Å². The van der Waals surface area contributed by atoms with Crippen LogP contribution in [0.1, 0.15) is 27.9 Å². The van der Waals surface area contributed by atoms with Crippen molar-refractivity contribution in [3.05, 3.63) is 57.2 Å². The molecule has 0 radical (unpaired) electrons. The largest absolute Gasteiger partial charge is 0.492 e. The van der Waals surface area contributed by atoms with E-state index in [-0.39, 0.29) is 11.9 Å². The van der Waals surface area contributed by atoms with E-state index >= 15 is 0 Å². The molecule has 0 fully saturated rings. The second-order valence-corrected chi connectivity index (χ2v) is 8.25. The Morgan fingerprint density at radius 3 is 2.90 bits per heavy atom. The van der Waals surface area contributed by atoms with Gasteiger partial charge in [0.25, 0.3) is 5.91 Å². The minimum Gasteiger partial charge on any atom is -0.492 e. The molecular weight excluding hydrogens is 408 g/mol. The average Bonchev–Trinajstić information content (AvgIpc) is 3.38. The molecule has 0 saturated carbocycles. The Bertz CT molecular complexity index is 1020. The maximum Gasteiger partial charge on any atom is 0.322 e. The Labute approximate surface area is 176 Å². The van der Waals surface area contributed by atoms with Crippen LogP contribution in [-0.2, 0) is 13.0 Å². The van der Waals surface area contributed by atoms with Crippen LogP contribution in [0, 0.1) is 0 Å². The molecule has 0 bridgehead atoms. The lowest BCUT2D eigenvalue weighted by Gasteiger charge is -2.26. The number of fused-ring (bicyclic) bond motifs is 1. The zero-order chi connectivity index (χ0) is 20.2. The summed E-state index contributed by atoms with van der Waals surface area (Å²) in [6, 6.07) is 8.98. The summed E-state index contributed by atoms with van der Waals surface area (Å²) in [7, 11) is 0. The maximum atomic E-state index is 12.7. The molecular formula is C20H20N4O3S2. The number of hydrogen-bond donors (Lipinski definition) is 2. The molecule has 1 aliphatic heterocycles. The van der Waals surface area contributed by atoms with Crippen LogP contribution < -0.4 is 15.4 Å². The minimum atomic E-state index is -0.180. The Hall–Kier alpha value is -2.91. The number of urea groups is 1. The van der Waals surface area contributed by atoms with Crippen LogP contribution in [0.25, 0.3) is 0 Å². The fourth-order valence-electron chi connectivity index (χ4n) is 3.03. The molecule has 4 rings (SSSR count). The summed E-state index contributed by atoms with van der Waals surface area (Å²) in [6.45, 7) is 3.46. The van der Waals surface area contributed by atoms with Gasteiger partial charge in [-0.05, 0) is 30.5 Å². The summed E-state index contributed by atoms with van der Waals surface area (Å²) in [5, 5.41) is 10.0. The molecule has 7 nitrogen and oxygen atoms in total. The number of nitrogens with one attached hydrogen (secondary N) is 2. The van der Waals surface area contributed by atoms with Crippen molar-refractivity contribution in [1.82, 2.24) is 9.88 Å². The molecule has 3 amide bonds. The second kappa shape index (κ2) is 8.62. The van der Waals surface area contributed by atoms with E-state index in [0.717, 1.165) is 10.6 Å². The number of thiophene rings is 1. The normalized spacial score (nSPS) is 12.9. The summed E-state index contributed by atoms with van der Waals surface area (Å²) in [5.74, 6) is 0.483. The number of anilines is 2. The SMILES string of the molecule is CCOc1ccccc1NC(=O)N1CCc2nc(NC(=O)c3ccsc3)sc2C1. The number of benzene rings is 1. The highest BCUT2D eigenvalue weighted by molar-refractivity contribution is 7.16. The monoisotopic (exact) mass is 428 g/mol. The van der Waals surface area contributed by atoms with Crippen molar-refractivity contribution < 1.29 is 14.3 Å². The van der Waals surface area contributed by atoms with E-state index in [2.05, 4.69) is 15.6 Å². The Kier molecular flexibility index (Phi) is 5.77. The van der Waals surface area contributed by atoms with Crippen molar-refractivity contribution in [2.45, 2.75) is 19.9 Å². The molecule has 3 aromatic rings. The quantitative estimate of drug-likeness (QED) is 0.629. The summed E-state index contributed by atoms with van der Waals surface area (Å²) < 4.78 is 5.57. The Balaban J connectivity index is 1.41. The third kappa shape index (κ3) is 4.41. The fourth-order valence-corrected chi connectivity index (χ4v) is 4.69. The van der Waals surface area contributed by atoms with E-state index in [4.69, 9.17) is 4.74 Å². The van der Waals surface area contributed by atoms with Crippen molar-refractivity contribution in [2.75, 3.05) is 23.8 Å². The highest BCUT2D eigenvalue weighted by Gasteiger charge is 2.25. The third-order valence-electron chi connectivity index (χ3n) is 4.45. The van der Waals surface area contributed by atoms with Crippen molar-refractivity contribution in [3.8, 4) is 5.75 Å². The summed E-state index contributed by atoms with van der Waals surface area (Å²) >= 11 is 2.89. The molecule has 9 heteroatoms. The van der Waals surface area contributed by atoms with Gasteiger partial charge in [-0.25, -0.2) is 9.78 Å². The number of para-hydroxylation sites is 2. The standard InChI is InChI=1S/C20H20N4O3S2/c1-2-27-16-6-4-3-5-14(16)22-20(26)24-9-7-15-17(11-24)29-19(21-15)23-18(25)13-8-10-28-12-13/h3-6,8,10,12H,2,7,9,11H2,1H3,(H,22,26)(H,21,23,25). The van der Waals surface area contributed by atoms with Gasteiger partial charge in [0.2, 0.25) is 0 Å². The molecule has 150 valence electrons. The van der Waals surface area contributed by atoms with Gasteiger partial charge in [-0.15, -0.1) is 0 Å². The molecule has 0 aliphatic carbocycles. The van der Waals surface area contributed by atoms with Gasteiger partial charge in [0, 0.05) is 23.2 Å². The number of hydrogen-bond acceptors (Lipinski definition) is 6. The number of carbonyl (C=O) groups excluding carboxylic acids is 2. The third-order valence-corrected chi connectivity index (χ3v) is 6.13. The van der Waals surface area contributed by atoms with Gasteiger partial charge in [-0.2, -0.15) is 11.3 Å². The highest BCUT2D eigenvalue weighted by atomic mass is 32.1. The lowest BCUT2D eigenvalue weighted by Crippen LogP contribution is -2.38. The van der Waals surface area contributed by atoms with E-state index < -0.39 is 0 Å². The van der Waals surface area contributed by atoms with E-state index in [1.165, 1.54) is 22.7 Å². The first-order valence-corrected chi connectivity index (χ1v) is 11.0. The number of amides is 3. The van der Waals surface area contributed by atoms with Crippen LogP contribution in [0.5, 0.6) is 5.75 Å². The van der Waals surface area contributed by atoms with Crippen LogP contribution >= 0.6 is 22.7 Å². The zero-order valence-corrected chi connectivity index (χ0v) is 17.4. The van der Waals surface area contributed by atoms with Gasteiger partial charge in [-0.3, -0.25) is 10.1 Å². The van der Waals surface area contributed by atoms with Crippen molar-refractivity contribution >= 4 is 45.4 Å². The fraction of sp³-hybridized carbons (Fsp3) is 0.250. The molecule has 2 N–H and O–H groups in total. The molecule has 0 unspecified atom stereocenters. The highest BCUT2D eigenvalue weighted by Crippen LogP contribution is 2.30. The number of aromatic nitrogens is 1. The first-order valence-electron chi connectivity index (χ1n) is 9.24. The van der Waals surface area contributed by atoms with Gasteiger partial charge in [0.15, 0.2) is 5.13 Å². The molecule has 1 aliphatic rings. The minimum absolute atomic E-state index is 0.167. The molecule has 2 aromatic heterocycles. The van der Waals surface area contributed by atoms with Crippen LogP contribution in [0.2, 0.25) is 0 Å². The Morgan fingerprint density at radius 1 is 1.24 bits per heavy atom. The lowest BCUT2D eigenvalue weighted by atomic mass is 10.2. The van der Waals surface area contributed by atoms with E-state index in [1.54, 1.807) is 16.3 Å². The lowest BCUT2D eigenvalue weighted by molar-refractivity contribution is 0.102. The molecule has 0 atom stereocenters. The van der Waals surface area contributed by atoms with Crippen LogP contribution in [0.4, 0.5) is 15.6 Å². The van der Waals surface area contributed by atoms with E-state index in [0.29, 0.717) is 48.2 Å². The second-order valence-electron chi connectivity index (χ2n) is 6.39. The molecule has 1 aromatic carbocycles. The topological polar surface area (TPSA) is 83.6 Å². The number of nitrogens with zero attached hydrogens (tertiary/aromatic N) is 2. The molecule has 3 heterocycles. The molecule has 29 heavy (non-hydrogen) atoms. The number of carbonyl (C=O) groups is 2. The predicted octanol–water partition coefficient (Wildman–Crippen LogP) is 4.45. The number of rotatable bonds is 5. The van der Waals surface area contributed by atoms with Crippen LogP contribution in [-0.4, -0.2) is 35.0 Å². The summed E-state index contributed by atoms with van der Waals surface area (Å²) in [4.78, 5) is 32.2. The first kappa shape index (κ1) is 19.4. The smallest absolute Gasteiger partial charge is 0.322 e. The van der Waals surface area contributed by atoms with Gasteiger partial charge < -0.3 is 15.0 Å². The van der Waals surface area contributed by atoms with Crippen molar-refractivity contribution in [2.24, 2.45) is 0 Å². The van der Waals surface area contributed by atoms with Crippen molar-refractivity contribution in [3.63, 3.8) is 0 Å².